The van der Waals surface area contributed by atoms with Crippen molar-refractivity contribution in [3.05, 3.63) is 42.1 Å². The molecule has 1 unspecified atom stereocenters. The first kappa shape index (κ1) is 17.5. The Morgan fingerprint density at radius 3 is 2.76 bits per heavy atom. The van der Waals surface area contributed by atoms with Crippen LogP contribution in [0.5, 0.6) is 5.75 Å². The zero-order chi connectivity index (χ0) is 17.8. The monoisotopic (exact) mass is 341 g/mol. The van der Waals surface area contributed by atoms with Crippen molar-refractivity contribution in [3.8, 4) is 5.75 Å². The molecule has 6 nitrogen and oxygen atoms in total. The minimum Gasteiger partial charge on any atom is -0.496 e. The van der Waals surface area contributed by atoms with Crippen LogP contribution in [0.3, 0.4) is 0 Å². The molecule has 1 saturated heterocycles. The van der Waals surface area contributed by atoms with Gasteiger partial charge in [-0.25, -0.2) is 4.98 Å². The summed E-state index contributed by atoms with van der Waals surface area (Å²) in [5.74, 6) is 2.68. The van der Waals surface area contributed by atoms with E-state index in [1.54, 1.807) is 7.11 Å². The van der Waals surface area contributed by atoms with Gasteiger partial charge in [-0.1, -0.05) is 18.2 Å². The number of likely N-dealkylation sites (N-methyl/N-ethyl adjacent to an activating group) is 1. The molecule has 1 fully saturated rings. The Kier molecular flexibility index (Phi) is 5.38. The lowest BCUT2D eigenvalue weighted by molar-refractivity contribution is 0.316. The molecule has 0 aliphatic carbocycles. The predicted molar refractivity (Wildman–Crippen MR) is 101 cm³/mol. The van der Waals surface area contributed by atoms with Gasteiger partial charge in [0.15, 0.2) is 0 Å². The maximum absolute atomic E-state index is 5.47. The van der Waals surface area contributed by atoms with E-state index >= 15 is 0 Å². The van der Waals surface area contributed by atoms with Crippen LogP contribution in [0.25, 0.3) is 0 Å². The second kappa shape index (κ2) is 7.70. The maximum Gasteiger partial charge on any atom is 0.227 e. The van der Waals surface area contributed by atoms with Gasteiger partial charge in [0.2, 0.25) is 5.95 Å². The van der Waals surface area contributed by atoms with Gasteiger partial charge in [0, 0.05) is 58.6 Å². The molecule has 2 aromatic rings. The average Bonchev–Trinajstić information content (AvgIpc) is 3.10. The summed E-state index contributed by atoms with van der Waals surface area (Å²) in [4.78, 5) is 15.8. The van der Waals surface area contributed by atoms with Crippen LogP contribution < -0.4 is 14.5 Å². The molecule has 0 bridgehead atoms. The first-order valence-corrected chi connectivity index (χ1v) is 8.66. The lowest BCUT2D eigenvalue weighted by Gasteiger charge is -2.26. The van der Waals surface area contributed by atoms with Crippen LogP contribution in [0.4, 0.5) is 11.8 Å². The number of nitrogens with zero attached hydrogens (tertiary/aromatic N) is 5. The van der Waals surface area contributed by atoms with E-state index in [4.69, 9.17) is 4.74 Å². The van der Waals surface area contributed by atoms with Gasteiger partial charge < -0.3 is 14.5 Å². The van der Waals surface area contributed by atoms with Gasteiger partial charge in [0.1, 0.15) is 11.6 Å². The van der Waals surface area contributed by atoms with Gasteiger partial charge in [-0.3, -0.25) is 4.90 Å². The van der Waals surface area contributed by atoms with Gasteiger partial charge in [-0.05, 0) is 18.6 Å². The van der Waals surface area contributed by atoms with Crippen LogP contribution >= 0.6 is 0 Å². The molecule has 134 valence electrons. The molecule has 0 saturated carbocycles. The Bertz CT molecular complexity index is 706. The van der Waals surface area contributed by atoms with Crippen LogP contribution in [0, 0.1) is 0 Å². The molecule has 1 atom stereocenters. The molecular weight excluding hydrogens is 314 g/mol. The summed E-state index contributed by atoms with van der Waals surface area (Å²) >= 11 is 0. The van der Waals surface area contributed by atoms with E-state index in [-0.39, 0.29) is 0 Å². The number of hydrogen-bond acceptors (Lipinski definition) is 6. The molecule has 0 radical (unpaired) electrons. The van der Waals surface area contributed by atoms with Gasteiger partial charge >= 0.3 is 0 Å². The fourth-order valence-electron chi connectivity index (χ4n) is 3.27. The molecule has 1 aromatic carbocycles. The fourth-order valence-corrected chi connectivity index (χ4v) is 3.27. The Labute approximate surface area is 150 Å². The molecular formula is C19H27N5O. The molecule has 25 heavy (non-hydrogen) atoms. The normalized spacial score (nSPS) is 17.5. The molecule has 6 heteroatoms. The van der Waals surface area contributed by atoms with Crippen LogP contribution in [0.1, 0.15) is 12.0 Å². The number of para-hydroxylation sites is 1. The summed E-state index contributed by atoms with van der Waals surface area (Å²) in [5, 5.41) is 0. The minimum atomic E-state index is 0.423. The van der Waals surface area contributed by atoms with Gasteiger partial charge in [0.05, 0.1) is 7.11 Å². The van der Waals surface area contributed by atoms with E-state index in [0.717, 1.165) is 43.6 Å². The lowest BCUT2D eigenvalue weighted by atomic mass is 10.2. The highest BCUT2D eigenvalue weighted by molar-refractivity contribution is 5.42. The Hall–Kier alpha value is -2.34. The first-order chi connectivity index (χ1) is 12.1. The number of methoxy groups -OCH3 is 1. The van der Waals surface area contributed by atoms with Crippen LogP contribution in [0.15, 0.2) is 36.5 Å². The highest BCUT2D eigenvalue weighted by atomic mass is 16.5. The largest absolute Gasteiger partial charge is 0.496 e. The molecule has 0 N–H and O–H groups in total. The summed E-state index contributed by atoms with van der Waals surface area (Å²) in [6.07, 6.45) is 2.94. The van der Waals surface area contributed by atoms with Crippen molar-refractivity contribution in [2.24, 2.45) is 0 Å². The number of hydrogen-bond donors (Lipinski definition) is 0. The zero-order valence-electron chi connectivity index (χ0n) is 15.5. The molecule has 2 heterocycles. The Morgan fingerprint density at radius 2 is 2.00 bits per heavy atom. The predicted octanol–water partition coefficient (Wildman–Crippen LogP) is 2.26. The molecule has 1 aliphatic rings. The van der Waals surface area contributed by atoms with Gasteiger partial charge in [0.25, 0.3) is 0 Å². The number of benzene rings is 1. The summed E-state index contributed by atoms with van der Waals surface area (Å²) in [7, 11) is 7.81. The second-order valence-electron chi connectivity index (χ2n) is 6.71. The fraction of sp³-hybridized carbons (Fsp3) is 0.474. The van der Waals surface area contributed by atoms with Crippen LogP contribution in [0.2, 0.25) is 0 Å². The second-order valence-corrected chi connectivity index (χ2v) is 6.71. The molecule has 1 aromatic heterocycles. The number of aromatic nitrogens is 2. The van der Waals surface area contributed by atoms with Crippen LogP contribution in [-0.4, -0.2) is 62.3 Å². The summed E-state index contributed by atoms with van der Waals surface area (Å²) in [6.45, 7) is 2.98. The zero-order valence-corrected chi connectivity index (χ0v) is 15.5. The van der Waals surface area contributed by atoms with Gasteiger partial charge in [-0.2, -0.15) is 4.98 Å². The minimum absolute atomic E-state index is 0.423. The van der Waals surface area contributed by atoms with E-state index in [9.17, 15) is 0 Å². The lowest BCUT2D eigenvalue weighted by Crippen LogP contribution is -2.35. The third-order valence-corrected chi connectivity index (χ3v) is 4.78. The Balaban J connectivity index is 1.65. The summed E-state index contributed by atoms with van der Waals surface area (Å²) < 4.78 is 5.47. The van der Waals surface area contributed by atoms with Crippen molar-refractivity contribution < 1.29 is 4.74 Å². The SMILES string of the molecule is COc1ccccc1CN1CCC(N(C)c2nccc(N(C)C)n2)C1. The number of anilines is 2. The highest BCUT2D eigenvalue weighted by Crippen LogP contribution is 2.24. The van der Waals surface area contributed by atoms with E-state index in [1.165, 1.54) is 5.56 Å². The number of likely N-dealkylation sites (tertiary alicyclic amines) is 1. The molecule has 0 spiro atoms. The maximum atomic E-state index is 5.47. The third kappa shape index (κ3) is 4.02. The van der Waals surface area contributed by atoms with Crippen LogP contribution in [-0.2, 0) is 6.54 Å². The molecule has 3 rings (SSSR count). The van der Waals surface area contributed by atoms with Crippen molar-refractivity contribution in [1.82, 2.24) is 14.9 Å². The smallest absolute Gasteiger partial charge is 0.227 e. The van der Waals surface area contributed by atoms with Crippen molar-refractivity contribution in [1.29, 1.82) is 0 Å². The molecule has 0 amide bonds. The van der Waals surface area contributed by atoms with E-state index in [2.05, 4.69) is 38.9 Å². The highest BCUT2D eigenvalue weighted by Gasteiger charge is 2.27. The first-order valence-electron chi connectivity index (χ1n) is 8.66. The Morgan fingerprint density at radius 1 is 1.20 bits per heavy atom. The van der Waals surface area contributed by atoms with Crippen molar-refractivity contribution in [3.63, 3.8) is 0 Å². The number of rotatable bonds is 6. The third-order valence-electron chi connectivity index (χ3n) is 4.78. The summed E-state index contributed by atoms with van der Waals surface area (Å²) in [6, 6.07) is 10.6. The van der Waals surface area contributed by atoms with Crippen molar-refractivity contribution in [2.75, 3.05) is 51.1 Å². The van der Waals surface area contributed by atoms with E-state index in [1.807, 2.05) is 43.4 Å². The van der Waals surface area contributed by atoms with Gasteiger partial charge in [-0.15, -0.1) is 0 Å². The average molecular weight is 341 g/mol. The summed E-state index contributed by atoms with van der Waals surface area (Å²) in [5.41, 5.74) is 1.24. The standard InChI is InChI=1S/C19H27N5O/c1-22(2)18-9-11-20-19(21-18)23(3)16-10-12-24(14-16)13-15-7-5-6-8-17(15)25-4/h5-9,11,16H,10,12-14H2,1-4H3. The topological polar surface area (TPSA) is 44.7 Å². The van der Waals surface area contributed by atoms with E-state index < -0.39 is 0 Å². The van der Waals surface area contributed by atoms with E-state index in [0.29, 0.717) is 6.04 Å². The van der Waals surface area contributed by atoms with Crippen molar-refractivity contribution >= 4 is 11.8 Å². The van der Waals surface area contributed by atoms with Crippen molar-refractivity contribution in [2.45, 2.75) is 19.0 Å². The quantitative estimate of drug-likeness (QED) is 0.803. The number of ether oxygens (including phenoxy) is 1. The molecule has 1 aliphatic heterocycles.